The van der Waals surface area contributed by atoms with Gasteiger partial charge in [-0.1, -0.05) is 34.1 Å². The number of nitrogens with zero attached hydrogens (tertiary/aromatic N) is 1. The van der Waals surface area contributed by atoms with E-state index in [1.54, 1.807) is 20.8 Å². The van der Waals surface area contributed by atoms with Crippen molar-refractivity contribution in [1.82, 2.24) is 0 Å². The summed E-state index contributed by atoms with van der Waals surface area (Å²) in [5.74, 6) is -1.01. The van der Waals surface area contributed by atoms with E-state index in [-0.39, 0.29) is 0 Å². The highest BCUT2D eigenvalue weighted by Crippen LogP contribution is 2.09. The smallest absolute Gasteiger partial charge is 0.0780 e. The molecule has 0 amide bonds. The predicted octanol–water partition coefficient (Wildman–Crippen LogP) is 1.28. The Morgan fingerprint density at radius 1 is 1.20 bits per heavy atom. The van der Waals surface area contributed by atoms with E-state index in [1.807, 2.05) is 0 Å². The van der Waals surface area contributed by atoms with Crippen LogP contribution in [0.5, 0.6) is 0 Å². The third-order valence-electron chi connectivity index (χ3n) is 1.79. The first kappa shape index (κ1) is 16.8. The van der Waals surface area contributed by atoms with E-state index >= 15 is 0 Å². The number of hydrogen-bond donors (Lipinski definition) is 0. The van der Waals surface area contributed by atoms with Crippen molar-refractivity contribution in [3.63, 3.8) is 0 Å². The number of carboxylic acids is 1. The molecule has 0 aromatic rings. The molecule has 0 aromatic heterocycles. The highest BCUT2D eigenvalue weighted by atomic mass is 16.4. The summed E-state index contributed by atoms with van der Waals surface area (Å²) < 4.78 is 1.10. The highest BCUT2D eigenvalue weighted by Gasteiger charge is 2.09. The Balaban J connectivity index is 0. The normalized spacial score (nSPS) is 11.7. The van der Waals surface area contributed by atoms with Gasteiger partial charge in [0.15, 0.2) is 0 Å². The molecule has 0 heterocycles. The lowest BCUT2D eigenvalue weighted by atomic mass is 9.98. The molecule has 3 nitrogen and oxygen atoms in total. The van der Waals surface area contributed by atoms with Gasteiger partial charge in [0, 0.05) is 11.4 Å². The van der Waals surface area contributed by atoms with E-state index in [0.717, 1.165) is 4.48 Å². The maximum Gasteiger partial charge on any atom is 0.0780 e. The molecule has 3 heteroatoms. The van der Waals surface area contributed by atoms with Crippen LogP contribution in [0.3, 0.4) is 0 Å². The van der Waals surface area contributed by atoms with Gasteiger partial charge in [0.1, 0.15) is 0 Å². The van der Waals surface area contributed by atoms with Crippen LogP contribution in [0.4, 0.5) is 0 Å². The van der Waals surface area contributed by atoms with Gasteiger partial charge >= 0.3 is 0 Å². The Morgan fingerprint density at radius 3 is 1.60 bits per heavy atom. The van der Waals surface area contributed by atoms with Crippen molar-refractivity contribution in [2.24, 2.45) is 5.41 Å². The third kappa shape index (κ3) is 16.1. The number of hydrogen-bond acceptors (Lipinski definition) is 2. The van der Waals surface area contributed by atoms with Crippen LogP contribution in [0.1, 0.15) is 40.5 Å². The predicted molar refractivity (Wildman–Crippen MR) is 62.3 cm³/mol. The molecule has 0 aliphatic heterocycles. The van der Waals surface area contributed by atoms with Crippen molar-refractivity contribution < 1.29 is 14.4 Å². The van der Waals surface area contributed by atoms with E-state index in [4.69, 9.17) is 0 Å². The average molecular weight is 217 g/mol. The van der Waals surface area contributed by atoms with Crippen LogP contribution < -0.4 is 5.11 Å². The summed E-state index contributed by atoms with van der Waals surface area (Å²) in [4.78, 5) is 9.91. The number of carboxylic acid groups (broad SMARTS) is 1. The van der Waals surface area contributed by atoms with Crippen molar-refractivity contribution in [3.05, 3.63) is 0 Å². The van der Waals surface area contributed by atoms with Crippen LogP contribution in [0.2, 0.25) is 0 Å². The summed E-state index contributed by atoms with van der Waals surface area (Å²) in [5.41, 5.74) is -0.694. The van der Waals surface area contributed by atoms with Crippen LogP contribution in [0, 0.1) is 5.41 Å². The van der Waals surface area contributed by atoms with Crippen LogP contribution in [-0.2, 0) is 4.79 Å². The van der Waals surface area contributed by atoms with Gasteiger partial charge in [-0.15, -0.1) is 0 Å². The molecular formula is C12H27NO2. The topological polar surface area (TPSA) is 40.1 Å². The largest absolute Gasteiger partial charge is 0.550 e. The summed E-state index contributed by atoms with van der Waals surface area (Å²) >= 11 is 0. The molecule has 0 aliphatic carbocycles. The summed E-state index contributed by atoms with van der Waals surface area (Å²) in [6.45, 7) is 8.33. The number of unbranched alkanes of at least 4 members (excludes halogenated alkanes) is 1. The highest BCUT2D eigenvalue weighted by molar-refractivity contribution is 5.70. The minimum Gasteiger partial charge on any atom is -0.550 e. The van der Waals surface area contributed by atoms with Crippen molar-refractivity contribution in [3.8, 4) is 0 Å². The summed E-state index contributed by atoms with van der Waals surface area (Å²) in [7, 11) is 6.70. The van der Waals surface area contributed by atoms with Crippen LogP contribution in [0.25, 0.3) is 0 Å². The third-order valence-corrected chi connectivity index (χ3v) is 1.79. The molecule has 0 saturated carbocycles. The fraction of sp³-hybridized carbons (Fsp3) is 0.917. The van der Waals surface area contributed by atoms with E-state index < -0.39 is 11.4 Å². The van der Waals surface area contributed by atoms with E-state index in [2.05, 4.69) is 28.1 Å². The summed E-state index contributed by atoms with van der Waals surface area (Å²) in [6, 6.07) is 0. The second-order valence-electron chi connectivity index (χ2n) is 5.90. The Morgan fingerprint density at radius 2 is 1.53 bits per heavy atom. The standard InChI is InChI=1S/C7H18N.C5H10O2/c1-5-6-7-8(2,3)4;1-5(2,3)4(6)7/h5-7H2,1-4H3;1-3H3,(H,6,7)/q+1;/p-1. The Bertz CT molecular complexity index is 175. The molecule has 92 valence electrons. The molecule has 0 aliphatic rings. The molecule has 0 spiro atoms. The van der Waals surface area contributed by atoms with Gasteiger partial charge < -0.3 is 14.4 Å². The number of rotatable bonds is 3. The van der Waals surface area contributed by atoms with Gasteiger partial charge in [0.05, 0.1) is 27.7 Å². The van der Waals surface area contributed by atoms with Gasteiger partial charge in [0.2, 0.25) is 0 Å². The van der Waals surface area contributed by atoms with Gasteiger partial charge in [-0.25, -0.2) is 0 Å². The molecule has 0 bridgehead atoms. The first-order valence-corrected chi connectivity index (χ1v) is 5.52. The zero-order valence-electron chi connectivity index (χ0n) is 11.4. The first-order valence-electron chi connectivity index (χ1n) is 5.52. The van der Waals surface area contributed by atoms with Crippen molar-refractivity contribution >= 4 is 5.97 Å². The van der Waals surface area contributed by atoms with Gasteiger partial charge in [-0.05, 0) is 6.42 Å². The van der Waals surface area contributed by atoms with Gasteiger partial charge in [-0.2, -0.15) is 0 Å². The maximum atomic E-state index is 9.91. The van der Waals surface area contributed by atoms with Crippen molar-refractivity contribution in [2.45, 2.75) is 40.5 Å². The molecule has 0 rings (SSSR count). The van der Waals surface area contributed by atoms with E-state index in [0.29, 0.717) is 0 Å². The lowest BCUT2D eigenvalue weighted by molar-refractivity contribution is -0.870. The summed E-state index contributed by atoms with van der Waals surface area (Å²) in [6.07, 6.45) is 2.67. The Kier molecular flexibility index (Phi) is 7.67. The van der Waals surface area contributed by atoms with Crippen molar-refractivity contribution in [2.75, 3.05) is 27.7 Å². The number of carbonyl (C=O) groups excluding carboxylic acids is 1. The van der Waals surface area contributed by atoms with Gasteiger partial charge in [-0.3, -0.25) is 0 Å². The molecule has 0 saturated heterocycles. The van der Waals surface area contributed by atoms with Crippen molar-refractivity contribution in [1.29, 1.82) is 0 Å². The van der Waals surface area contributed by atoms with Crippen LogP contribution in [-0.4, -0.2) is 38.1 Å². The summed E-state index contributed by atoms with van der Waals surface area (Å²) in [5, 5.41) is 9.91. The molecule has 0 fully saturated rings. The van der Waals surface area contributed by atoms with Crippen LogP contribution in [0.15, 0.2) is 0 Å². The molecule has 0 N–H and O–H groups in total. The lowest BCUT2D eigenvalue weighted by Gasteiger charge is -2.23. The average Bonchev–Trinajstić information content (AvgIpc) is 1.98. The molecule has 0 aromatic carbocycles. The molecular weight excluding hydrogens is 190 g/mol. The zero-order chi connectivity index (χ0) is 12.7. The molecule has 0 radical (unpaired) electrons. The fourth-order valence-electron chi connectivity index (χ4n) is 0.632. The number of aliphatic carboxylic acids is 1. The Hall–Kier alpha value is -0.570. The zero-order valence-corrected chi connectivity index (χ0v) is 11.4. The second-order valence-corrected chi connectivity index (χ2v) is 5.90. The van der Waals surface area contributed by atoms with E-state index in [9.17, 15) is 9.90 Å². The van der Waals surface area contributed by atoms with Crippen LogP contribution >= 0.6 is 0 Å². The SMILES string of the molecule is CC(C)(C)C(=O)[O-].CCCC[N+](C)(C)C. The number of quaternary nitrogens is 1. The fourth-order valence-corrected chi connectivity index (χ4v) is 0.632. The second kappa shape index (κ2) is 6.83. The molecule has 15 heavy (non-hydrogen) atoms. The van der Waals surface area contributed by atoms with E-state index in [1.165, 1.54) is 19.4 Å². The monoisotopic (exact) mass is 217 g/mol. The number of carbonyl (C=O) groups is 1. The molecule has 0 unspecified atom stereocenters. The maximum absolute atomic E-state index is 9.91. The first-order chi connectivity index (χ1) is 6.50. The lowest BCUT2D eigenvalue weighted by Crippen LogP contribution is -2.35. The Labute approximate surface area is 94.7 Å². The quantitative estimate of drug-likeness (QED) is 0.668. The molecule has 0 atom stereocenters. The van der Waals surface area contributed by atoms with Gasteiger partial charge in [0.25, 0.3) is 0 Å². The minimum atomic E-state index is -1.01. The minimum absolute atomic E-state index is 0.694.